The Bertz CT molecular complexity index is 721. The predicted molar refractivity (Wildman–Crippen MR) is 78.8 cm³/mol. The summed E-state index contributed by atoms with van der Waals surface area (Å²) in [5.74, 6) is -0.531. The summed E-state index contributed by atoms with van der Waals surface area (Å²) in [6, 6.07) is 5.59. The van der Waals surface area contributed by atoms with E-state index in [1.54, 1.807) is 6.07 Å². The average molecular weight is 347 g/mol. The minimum Gasteiger partial charge on any atom is -0.480 e. The summed E-state index contributed by atoms with van der Waals surface area (Å²) in [6.45, 7) is 0. The van der Waals surface area contributed by atoms with Crippen molar-refractivity contribution in [2.45, 2.75) is 16.9 Å². The third-order valence-corrected chi connectivity index (χ3v) is 6.12. The summed E-state index contributed by atoms with van der Waals surface area (Å²) >= 11 is 7.13. The maximum Gasteiger partial charge on any atom is 0.325 e. The normalized spacial score (nSPS) is 21.9. The van der Waals surface area contributed by atoms with Crippen molar-refractivity contribution in [1.29, 1.82) is 5.26 Å². The van der Waals surface area contributed by atoms with Gasteiger partial charge in [0, 0.05) is 10.8 Å². The molecule has 1 unspecified atom stereocenters. The molecule has 21 heavy (non-hydrogen) atoms. The minimum absolute atomic E-state index is 0.0851. The number of rotatable bonds is 4. The van der Waals surface area contributed by atoms with E-state index >= 15 is 0 Å². The first-order valence-electron chi connectivity index (χ1n) is 5.85. The van der Waals surface area contributed by atoms with Gasteiger partial charge in [0.2, 0.25) is 10.0 Å². The predicted octanol–water partition coefficient (Wildman–Crippen LogP) is 1.45. The third-order valence-electron chi connectivity index (χ3n) is 3.11. The Hall–Kier alpha value is -1.27. The largest absolute Gasteiger partial charge is 0.480 e. The highest BCUT2D eigenvalue weighted by Gasteiger charge is 2.45. The van der Waals surface area contributed by atoms with Crippen molar-refractivity contribution in [1.82, 2.24) is 4.72 Å². The van der Waals surface area contributed by atoms with Gasteiger partial charge in [0.25, 0.3) is 0 Å². The van der Waals surface area contributed by atoms with Gasteiger partial charge in [0.1, 0.15) is 16.5 Å². The lowest BCUT2D eigenvalue weighted by atomic mass is 10.0. The van der Waals surface area contributed by atoms with Gasteiger partial charge in [-0.2, -0.15) is 21.7 Å². The summed E-state index contributed by atoms with van der Waals surface area (Å²) < 4.78 is 27.1. The third kappa shape index (κ3) is 3.16. The lowest BCUT2D eigenvalue weighted by Crippen LogP contribution is -2.54. The average Bonchev–Trinajstić information content (AvgIpc) is 2.88. The summed E-state index contributed by atoms with van der Waals surface area (Å²) in [5, 5.41) is 18.5. The van der Waals surface area contributed by atoms with Crippen molar-refractivity contribution in [3.05, 3.63) is 28.8 Å². The Morgan fingerprint density at radius 1 is 1.52 bits per heavy atom. The number of hydrogen-bond acceptors (Lipinski definition) is 5. The van der Waals surface area contributed by atoms with Gasteiger partial charge in [-0.3, -0.25) is 4.79 Å². The molecule has 0 saturated carbocycles. The molecule has 0 radical (unpaired) electrons. The van der Waals surface area contributed by atoms with Crippen molar-refractivity contribution in [2.24, 2.45) is 0 Å². The molecule has 0 amide bonds. The molecule has 1 heterocycles. The van der Waals surface area contributed by atoms with E-state index in [1.807, 2.05) is 0 Å². The highest BCUT2D eigenvalue weighted by molar-refractivity contribution is 7.99. The zero-order chi connectivity index (χ0) is 15.7. The van der Waals surface area contributed by atoms with Crippen LogP contribution in [0, 0.1) is 11.3 Å². The molecule has 6 nitrogen and oxygen atoms in total. The second-order valence-electron chi connectivity index (χ2n) is 4.55. The lowest BCUT2D eigenvalue weighted by Gasteiger charge is -2.24. The van der Waals surface area contributed by atoms with Crippen molar-refractivity contribution in [3.8, 4) is 6.07 Å². The zero-order valence-corrected chi connectivity index (χ0v) is 13.1. The molecule has 0 aliphatic carbocycles. The molecule has 1 aromatic rings. The van der Waals surface area contributed by atoms with E-state index in [1.165, 1.54) is 23.9 Å². The molecule has 1 atom stereocenters. The number of nitrogens with zero attached hydrogens (tertiary/aromatic N) is 1. The molecule has 1 aliphatic rings. The molecule has 2 rings (SSSR count). The van der Waals surface area contributed by atoms with E-state index in [0.29, 0.717) is 5.75 Å². The minimum atomic E-state index is -4.16. The Kier molecular flexibility index (Phi) is 4.49. The number of carboxylic acids is 1. The highest BCUT2D eigenvalue weighted by Crippen LogP contribution is 2.31. The molecule has 0 spiro atoms. The number of halogens is 1. The molecule has 1 aromatic carbocycles. The van der Waals surface area contributed by atoms with Crippen molar-refractivity contribution in [3.63, 3.8) is 0 Å². The van der Waals surface area contributed by atoms with Gasteiger partial charge in [-0.25, -0.2) is 8.42 Å². The van der Waals surface area contributed by atoms with Gasteiger partial charge in [-0.05, 0) is 30.4 Å². The maximum atomic E-state index is 12.4. The fraction of sp³-hybridized carbons (Fsp3) is 0.333. The van der Waals surface area contributed by atoms with Gasteiger partial charge in [0.05, 0.1) is 5.56 Å². The Labute approximate surface area is 131 Å². The number of benzene rings is 1. The van der Waals surface area contributed by atoms with Crippen LogP contribution in [-0.4, -0.2) is 36.5 Å². The van der Waals surface area contributed by atoms with Crippen LogP contribution in [0.4, 0.5) is 0 Å². The van der Waals surface area contributed by atoms with E-state index < -0.39 is 21.5 Å². The Morgan fingerprint density at radius 2 is 2.24 bits per heavy atom. The fourth-order valence-corrected chi connectivity index (χ4v) is 5.21. The standard InChI is InChI=1S/C12H11ClN2O4S2/c13-9-2-1-8(6-14)10(5-9)21(18,19)15-12(11(16)17)3-4-20-7-12/h1-2,5,15H,3-4,7H2,(H,16,17). The van der Waals surface area contributed by atoms with Crippen LogP contribution in [0.5, 0.6) is 0 Å². The smallest absolute Gasteiger partial charge is 0.325 e. The molecular weight excluding hydrogens is 336 g/mol. The first kappa shape index (κ1) is 16.1. The molecule has 112 valence electrons. The van der Waals surface area contributed by atoms with E-state index in [9.17, 15) is 18.3 Å². The SMILES string of the molecule is N#Cc1ccc(Cl)cc1S(=O)(=O)NC1(C(=O)O)CCSC1. The number of nitrogens with one attached hydrogen (secondary N) is 1. The van der Waals surface area contributed by atoms with Gasteiger partial charge < -0.3 is 5.11 Å². The molecule has 1 saturated heterocycles. The van der Waals surface area contributed by atoms with E-state index in [4.69, 9.17) is 16.9 Å². The van der Waals surface area contributed by atoms with Crippen LogP contribution in [-0.2, 0) is 14.8 Å². The molecule has 9 heteroatoms. The van der Waals surface area contributed by atoms with Crippen LogP contribution in [0.1, 0.15) is 12.0 Å². The first-order valence-corrected chi connectivity index (χ1v) is 8.87. The molecule has 0 aromatic heterocycles. The second kappa shape index (κ2) is 5.85. The fourth-order valence-electron chi connectivity index (χ4n) is 1.98. The maximum absolute atomic E-state index is 12.4. The monoisotopic (exact) mass is 346 g/mol. The highest BCUT2D eigenvalue weighted by atomic mass is 35.5. The number of carbonyl (C=O) groups is 1. The quantitative estimate of drug-likeness (QED) is 0.854. The van der Waals surface area contributed by atoms with Crippen LogP contribution < -0.4 is 4.72 Å². The lowest BCUT2D eigenvalue weighted by molar-refractivity contribution is -0.142. The van der Waals surface area contributed by atoms with Crippen LogP contribution in [0.3, 0.4) is 0 Å². The van der Waals surface area contributed by atoms with Gasteiger partial charge >= 0.3 is 5.97 Å². The Balaban J connectivity index is 2.46. The summed E-state index contributed by atoms with van der Waals surface area (Å²) in [5.41, 5.74) is -1.63. The van der Waals surface area contributed by atoms with Crippen molar-refractivity contribution < 1.29 is 18.3 Å². The molecule has 0 bridgehead atoms. The van der Waals surface area contributed by atoms with Crippen LogP contribution in [0.15, 0.2) is 23.1 Å². The van der Waals surface area contributed by atoms with E-state index in [-0.39, 0.29) is 27.7 Å². The van der Waals surface area contributed by atoms with Crippen LogP contribution in [0.25, 0.3) is 0 Å². The molecule has 1 aliphatic heterocycles. The van der Waals surface area contributed by atoms with Crippen molar-refractivity contribution in [2.75, 3.05) is 11.5 Å². The topological polar surface area (TPSA) is 107 Å². The van der Waals surface area contributed by atoms with Crippen molar-refractivity contribution >= 4 is 39.4 Å². The first-order chi connectivity index (χ1) is 9.81. The molecule has 1 fully saturated rings. The second-order valence-corrected chi connectivity index (χ2v) is 7.74. The summed E-state index contributed by atoms with van der Waals surface area (Å²) in [7, 11) is -4.16. The zero-order valence-electron chi connectivity index (χ0n) is 10.7. The van der Waals surface area contributed by atoms with E-state index in [2.05, 4.69) is 4.72 Å². The van der Waals surface area contributed by atoms with Gasteiger partial charge in [0.15, 0.2) is 0 Å². The van der Waals surface area contributed by atoms with Gasteiger partial charge in [-0.1, -0.05) is 11.6 Å². The number of thioether (sulfide) groups is 1. The van der Waals surface area contributed by atoms with Crippen LogP contribution >= 0.6 is 23.4 Å². The van der Waals surface area contributed by atoms with Crippen LogP contribution in [0.2, 0.25) is 5.02 Å². The molecule has 2 N–H and O–H groups in total. The number of sulfonamides is 1. The number of carboxylic acid groups (broad SMARTS) is 1. The number of nitriles is 1. The number of hydrogen-bond donors (Lipinski definition) is 2. The molecular formula is C12H11ClN2O4S2. The van der Waals surface area contributed by atoms with E-state index in [0.717, 1.165) is 6.07 Å². The Morgan fingerprint density at radius 3 is 2.76 bits per heavy atom. The summed E-state index contributed by atoms with van der Waals surface area (Å²) in [4.78, 5) is 11.1. The van der Waals surface area contributed by atoms with Gasteiger partial charge in [-0.15, -0.1) is 0 Å². The number of aliphatic carboxylic acids is 1. The summed E-state index contributed by atoms with van der Waals surface area (Å²) in [6.07, 6.45) is 0.189.